The lowest BCUT2D eigenvalue weighted by molar-refractivity contribution is 0.0692. The Morgan fingerprint density at radius 1 is 1.25 bits per heavy atom. The standard InChI is InChI=1S/C12H16O4/c1-15-8-4-5-9-16-11-7-3-2-6-10(11)12(13)14/h2-3,6-7H,4-5,8-9H2,1H3,(H,13,14). The monoisotopic (exact) mass is 224 g/mol. The molecule has 88 valence electrons. The van der Waals surface area contributed by atoms with Crippen molar-refractivity contribution in [2.75, 3.05) is 20.3 Å². The van der Waals surface area contributed by atoms with Crippen LogP contribution in [0, 0.1) is 0 Å². The first-order valence-electron chi connectivity index (χ1n) is 5.19. The van der Waals surface area contributed by atoms with Gasteiger partial charge in [0.1, 0.15) is 11.3 Å². The normalized spacial score (nSPS) is 10.1. The molecule has 1 aromatic carbocycles. The minimum atomic E-state index is -0.965. The number of carboxylic acids is 1. The quantitative estimate of drug-likeness (QED) is 0.721. The lowest BCUT2D eigenvalue weighted by atomic mass is 10.2. The number of methoxy groups -OCH3 is 1. The van der Waals surface area contributed by atoms with Crippen molar-refractivity contribution in [3.05, 3.63) is 29.8 Å². The highest BCUT2D eigenvalue weighted by Gasteiger charge is 2.09. The summed E-state index contributed by atoms with van der Waals surface area (Å²) in [5.41, 5.74) is 0.203. The van der Waals surface area contributed by atoms with Gasteiger partial charge in [0.15, 0.2) is 0 Å². The van der Waals surface area contributed by atoms with Gasteiger partial charge < -0.3 is 14.6 Å². The van der Waals surface area contributed by atoms with Gasteiger partial charge >= 0.3 is 5.97 Å². The van der Waals surface area contributed by atoms with Crippen LogP contribution in [0.4, 0.5) is 0 Å². The van der Waals surface area contributed by atoms with Gasteiger partial charge in [0.05, 0.1) is 6.61 Å². The summed E-state index contributed by atoms with van der Waals surface area (Å²) in [5, 5.41) is 8.91. The van der Waals surface area contributed by atoms with Crippen molar-refractivity contribution in [2.24, 2.45) is 0 Å². The van der Waals surface area contributed by atoms with Gasteiger partial charge in [-0.05, 0) is 25.0 Å². The average Bonchev–Trinajstić information content (AvgIpc) is 2.29. The maximum atomic E-state index is 10.9. The number of ether oxygens (including phenoxy) is 2. The number of carboxylic acid groups (broad SMARTS) is 1. The molecule has 0 saturated carbocycles. The molecule has 0 atom stereocenters. The van der Waals surface area contributed by atoms with Crippen LogP contribution in [-0.4, -0.2) is 31.4 Å². The second-order valence-electron chi connectivity index (χ2n) is 3.35. The lowest BCUT2D eigenvalue weighted by Gasteiger charge is -2.08. The predicted octanol–water partition coefficient (Wildman–Crippen LogP) is 2.19. The van der Waals surface area contributed by atoms with Crippen molar-refractivity contribution >= 4 is 5.97 Å². The van der Waals surface area contributed by atoms with E-state index in [1.807, 2.05) is 0 Å². The van der Waals surface area contributed by atoms with Gasteiger partial charge in [-0.3, -0.25) is 0 Å². The summed E-state index contributed by atoms with van der Waals surface area (Å²) in [4.78, 5) is 10.9. The molecule has 1 aromatic rings. The van der Waals surface area contributed by atoms with Gasteiger partial charge in [-0.15, -0.1) is 0 Å². The first kappa shape index (κ1) is 12.5. The maximum Gasteiger partial charge on any atom is 0.339 e. The minimum absolute atomic E-state index is 0.203. The van der Waals surface area contributed by atoms with Crippen LogP contribution in [0.25, 0.3) is 0 Å². The fraction of sp³-hybridized carbons (Fsp3) is 0.417. The van der Waals surface area contributed by atoms with Gasteiger partial charge in [-0.1, -0.05) is 12.1 Å². The molecule has 0 aliphatic carbocycles. The van der Waals surface area contributed by atoms with E-state index in [9.17, 15) is 4.79 Å². The van der Waals surface area contributed by atoms with E-state index in [0.717, 1.165) is 12.8 Å². The van der Waals surface area contributed by atoms with Crippen LogP contribution in [-0.2, 0) is 4.74 Å². The summed E-state index contributed by atoms with van der Waals surface area (Å²) in [6, 6.07) is 6.64. The molecule has 0 aliphatic rings. The number of unbranched alkanes of at least 4 members (excludes halogenated alkanes) is 1. The molecule has 4 heteroatoms. The molecule has 0 heterocycles. The Morgan fingerprint density at radius 2 is 1.94 bits per heavy atom. The van der Waals surface area contributed by atoms with E-state index in [1.54, 1.807) is 25.3 Å². The molecule has 0 unspecified atom stereocenters. The molecule has 0 radical (unpaired) electrons. The minimum Gasteiger partial charge on any atom is -0.493 e. The summed E-state index contributed by atoms with van der Waals surface area (Å²) >= 11 is 0. The molecule has 0 amide bonds. The fourth-order valence-corrected chi connectivity index (χ4v) is 1.30. The van der Waals surface area contributed by atoms with E-state index in [2.05, 4.69) is 0 Å². The smallest absolute Gasteiger partial charge is 0.339 e. The first-order chi connectivity index (χ1) is 7.75. The Kier molecular flexibility index (Phi) is 5.36. The Morgan fingerprint density at radius 3 is 2.62 bits per heavy atom. The number of aromatic carboxylic acids is 1. The summed E-state index contributed by atoms with van der Waals surface area (Å²) in [5.74, 6) is -0.542. The zero-order chi connectivity index (χ0) is 11.8. The van der Waals surface area contributed by atoms with Crippen LogP contribution in [0.5, 0.6) is 5.75 Å². The molecule has 1 N–H and O–H groups in total. The zero-order valence-electron chi connectivity index (χ0n) is 9.31. The third kappa shape index (κ3) is 3.90. The van der Waals surface area contributed by atoms with Gasteiger partial charge in [0.25, 0.3) is 0 Å². The topological polar surface area (TPSA) is 55.8 Å². The fourth-order valence-electron chi connectivity index (χ4n) is 1.30. The molecule has 0 aliphatic heterocycles. The van der Waals surface area contributed by atoms with Gasteiger partial charge in [0, 0.05) is 13.7 Å². The number of rotatable bonds is 7. The Labute approximate surface area is 94.8 Å². The second-order valence-corrected chi connectivity index (χ2v) is 3.35. The molecule has 0 fully saturated rings. The van der Waals surface area contributed by atoms with E-state index < -0.39 is 5.97 Å². The molecular weight excluding hydrogens is 208 g/mol. The van der Waals surface area contributed by atoms with Crippen molar-refractivity contribution < 1.29 is 19.4 Å². The van der Waals surface area contributed by atoms with Crippen molar-refractivity contribution in [1.29, 1.82) is 0 Å². The molecule has 0 saturated heterocycles. The Bertz CT molecular complexity index is 336. The lowest BCUT2D eigenvalue weighted by Crippen LogP contribution is -2.05. The van der Waals surface area contributed by atoms with Crippen molar-refractivity contribution in [2.45, 2.75) is 12.8 Å². The molecule has 4 nitrogen and oxygen atoms in total. The van der Waals surface area contributed by atoms with E-state index in [1.165, 1.54) is 6.07 Å². The molecule has 0 spiro atoms. The number of carbonyl (C=O) groups is 1. The maximum absolute atomic E-state index is 10.9. The second kappa shape index (κ2) is 6.85. The third-order valence-corrected chi connectivity index (χ3v) is 2.12. The first-order valence-corrected chi connectivity index (χ1v) is 5.19. The van der Waals surface area contributed by atoms with Crippen LogP contribution in [0.3, 0.4) is 0 Å². The Hall–Kier alpha value is -1.55. The zero-order valence-corrected chi connectivity index (χ0v) is 9.31. The predicted molar refractivity (Wildman–Crippen MR) is 60.0 cm³/mol. The van der Waals surface area contributed by atoms with E-state index in [-0.39, 0.29) is 5.56 Å². The molecule has 0 bridgehead atoms. The summed E-state index contributed by atoms with van der Waals surface area (Å²) < 4.78 is 10.3. The highest BCUT2D eigenvalue weighted by atomic mass is 16.5. The molecule has 16 heavy (non-hydrogen) atoms. The van der Waals surface area contributed by atoms with Crippen LogP contribution in [0.15, 0.2) is 24.3 Å². The third-order valence-electron chi connectivity index (χ3n) is 2.12. The largest absolute Gasteiger partial charge is 0.493 e. The number of hydrogen-bond donors (Lipinski definition) is 1. The SMILES string of the molecule is COCCCCOc1ccccc1C(=O)O. The average molecular weight is 224 g/mol. The van der Waals surface area contributed by atoms with Crippen molar-refractivity contribution in [3.63, 3.8) is 0 Å². The van der Waals surface area contributed by atoms with Crippen LogP contribution >= 0.6 is 0 Å². The van der Waals surface area contributed by atoms with Crippen LogP contribution < -0.4 is 4.74 Å². The summed E-state index contributed by atoms with van der Waals surface area (Å²) in [7, 11) is 1.65. The molecule has 0 aromatic heterocycles. The number of para-hydroxylation sites is 1. The summed E-state index contributed by atoms with van der Waals surface area (Å²) in [6.45, 7) is 1.21. The Balaban J connectivity index is 2.44. The van der Waals surface area contributed by atoms with Gasteiger partial charge in [-0.25, -0.2) is 4.79 Å². The van der Waals surface area contributed by atoms with Crippen molar-refractivity contribution in [3.8, 4) is 5.75 Å². The summed E-state index contributed by atoms with van der Waals surface area (Å²) in [6.07, 6.45) is 1.76. The van der Waals surface area contributed by atoms with Crippen LogP contribution in [0.1, 0.15) is 23.2 Å². The van der Waals surface area contributed by atoms with Crippen LogP contribution in [0.2, 0.25) is 0 Å². The van der Waals surface area contributed by atoms with Gasteiger partial charge in [0.2, 0.25) is 0 Å². The highest BCUT2D eigenvalue weighted by molar-refractivity contribution is 5.90. The molecular formula is C12H16O4. The van der Waals surface area contributed by atoms with E-state index in [0.29, 0.717) is 19.0 Å². The molecule has 1 rings (SSSR count). The number of benzene rings is 1. The highest BCUT2D eigenvalue weighted by Crippen LogP contribution is 2.17. The van der Waals surface area contributed by atoms with Crippen molar-refractivity contribution in [1.82, 2.24) is 0 Å². The van der Waals surface area contributed by atoms with E-state index in [4.69, 9.17) is 14.6 Å². The van der Waals surface area contributed by atoms with E-state index >= 15 is 0 Å². The van der Waals surface area contributed by atoms with Gasteiger partial charge in [-0.2, -0.15) is 0 Å². The number of hydrogen-bond acceptors (Lipinski definition) is 3.